The molecule has 0 aliphatic rings. The van der Waals surface area contributed by atoms with Crippen LogP contribution < -0.4 is 10.5 Å². The van der Waals surface area contributed by atoms with E-state index in [9.17, 15) is 14.9 Å². The molecule has 0 aromatic heterocycles. The molecule has 0 unspecified atom stereocenters. The lowest BCUT2D eigenvalue weighted by Crippen LogP contribution is -2.08. The van der Waals surface area contributed by atoms with Crippen LogP contribution in [0.25, 0.3) is 0 Å². The molecule has 0 saturated heterocycles. The highest BCUT2D eigenvalue weighted by atomic mass is 16.6. The Labute approximate surface area is 126 Å². The van der Waals surface area contributed by atoms with Crippen molar-refractivity contribution in [2.45, 2.75) is 6.42 Å². The van der Waals surface area contributed by atoms with Crippen molar-refractivity contribution in [3.63, 3.8) is 0 Å². The highest BCUT2D eigenvalue weighted by Crippen LogP contribution is 2.31. The first-order chi connectivity index (χ1) is 10.4. The zero-order chi connectivity index (χ0) is 16.3. The van der Waals surface area contributed by atoms with E-state index in [2.05, 4.69) is 0 Å². The number of nitro benzene ring substituents is 1. The number of nitrogens with two attached hydrogens (primary N) is 1. The number of benzene rings is 2. The average Bonchev–Trinajstić information content (AvgIpc) is 2.46. The second kappa shape index (κ2) is 6.13. The van der Waals surface area contributed by atoms with Crippen molar-refractivity contribution in [1.29, 1.82) is 0 Å². The summed E-state index contributed by atoms with van der Waals surface area (Å²) in [6, 6.07) is 9.78. The maximum atomic E-state index is 11.2. The van der Waals surface area contributed by atoms with Crippen LogP contribution in [0.4, 0.5) is 11.4 Å². The minimum absolute atomic E-state index is 0.248. The van der Waals surface area contributed by atoms with Crippen LogP contribution in [0.15, 0.2) is 36.4 Å². The fraction of sp³-hybridized carbons (Fsp3) is 0.133. The summed E-state index contributed by atoms with van der Waals surface area (Å²) in [5.74, 6) is -0.663. The van der Waals surface area contributed by atoms with Gasteiger partial charge in [0.2, 0.25) is 0 Å². The van der Waals surface area contributed by atoms with Crippen LogP contribution >= 0.6 is 0 Å². The van der Waals surface area contributed by atoms with Crippen molar-refractivity contribution < 1.29 is 19.6 Å². The number of carboxylic acid groups (broad SMARTS) is 1. The molecule has 2 aromatic carbocycles. The third-order valence-corrected chi connectivity index (χ3v) is 3.24. The summed E-state index contributed by atoms with van der Waals surface area (Å²) in [6.07, 6.45) is 0.248. The Balaban J connectivity index is 2.48. The monoisotopic (exact) mass is 302 g/mol. The summed E-state index contributed by atoms with van der Waals surface area (Å²) in [6.45, 7) is 0. The zero-order valence-electron chi connectivity index (χ0n) is 11.8. The van der Waals surface area contributed by atoms with E-state index in [-0.39, 0.29) is 23.4 Å². The number of nitrogen functional groups attached to an aromatic ring is 1. The van der Waals surface area contributed by atoms with E-state index >= 15 is 0 Å². The van der Waals surface area contributed by atoms with E-state index in [0.29, 0.717) is 11.3 Å². The molecule has 22 heavy (non-hydrogen) atoms. The summed E-state index contributed by atoms with van der Waals surface area (Å²) in [5, 5.41) is 20.2. The third-order valence-electron chi connectivity index (χ3n) is 3.24. The Morgan fingerprint density at radius 3 is 2.68 bits per heavy atom. The zero-order valence-corrected chi connectivity index (χ0v) is 11.8. The van der Waals surface area contributed by atoms with Gasteiger partial charge in [-0.1, -0.05) is 18.2 Å². The topological polar surface area (TPSA) is 116 Å². The van der Waals surface area contributed by atoms with Crippen molar-refractivity contribution in [1.82, 2.24) is 0 Å². The summed E-state index contributed by atoms with van der Waals surface area (Å²) >= 11 is 0. The molecular weight excluding hydrogens is 288 g/mol. The lowest BCUT2D eigenvalue weighted by Gasteiger charge is -2.09. The van der Waals surface area contributed by atoms with E-state index in [1.807, 2.05) is 0 Å². The van der Waals surface area contributed by atoms with Crippen LogP contribution in [0.3, 0.4) is 0 Å². The molecular formula is C15H14N2O5. The number of hydrogen-bond acceptors (Lipinski definition) is 5. The average molecular weight is 302 g/mol. The number of ether oxygens (including phenoxy) is 1. The minimum atomic E-state index is -1.30. The number of carboxylic acids is 1. The maximum absolute atomic E-state index is 11.2. The maximum Gasteiger partial charge on any atom is 0.338 e. The second-order valence-corrected chi connectivity index (χ2v) is 4.63. The molecule has 0 aliphatic heterocycles. The molecule has 0 heterocycles. The predicted molar refractivity (Wildman–Crippen MR) is 80.3 cm³/mol. The second-order valence-electron chi connectivity index (χ2n) is 4.63. The standard InChI is InChI=1S/C15H14N2O5/c1-22-11-4-2-3-9(8-11)7-10-5-6-12(15(18)19)13(16)14(10)17(20)21/h2-6,8H,7,16H2,1H3,(H,18,19). The molecule has 0 saturated carbocycles. The van der Waals surface area contributed by atoms with Crippen molar-refractivity contribution in [2.75, 3.05) is 12.8 Å². The van der Waals surface area contributed by atoms with Gasteiger partial charge in [-0.15, -0.1) is 0 Å². The number of nitrogens with zero attached hydrogens (tertiary/aromatic N) is 1. The Morgan fingerprint density at radius 2 is 2.09 bits per heavy atom. The molecule has 0 amide bonds. The quantitative estimate of drug-likeness (QED) is 0.498. The lowest BCUT2D eigenvalue weighted by atomic mass is 9.99. The van der Waals surface area contributed by atoms with Gasteiger partial charge in [-0.25, -0.2) is 4.79 Å². The van der Waals surface area contributed by atoms with Crippen LogP contribution in [0.2, 0.25) is 0 Å². The van der Waals surface area contributed by atoms with E-state index < -0.39 is 10.9 Å². The van der Waals surface area contributed by atoms with E-state index in [1.165, 1.54) is 19.2 Å². The molecule has 0 bridgehead atoms. The van der Waals surface area contributed by atoms with Crippen LogP contribution in [0.5, 0.6) is 5.75 Å². The normalized spacial score (nSPS) is 10.2. The number of nitro groups is 1. The van der Waals surface area contributed by atoms with Crippen LogP contribution in [-0.4, -0.2) is 23.1 Å². The molecule has 7 nitrogen and oxygen atoms in total. The van der Waals surface area contributed by atoms with Gasteiger partial charge in [-0.05, 0) is 23.8 Å². The van der Waals surface area contributed by atoms with Crippen molar-refractivity contribution in [2.24, 2.45) is 0 Å². The largest absolute Gasteiger partial charge is 0.497 e. The Bertz CT molecular complexity index is 743. The molecule has 3 N–H and O–H groups in total. The van der Waals surface area contributed by atoms with Crippen LogP contribution in [0, 0.1) is 10.1 Å². The van der Waals surface area contributed by atoms with Gasteiger partial charge >= 0.3 is 5.97 Å². The predicted octanol–water partition coefficient (Wildman–Crippen LogP) is 2.47. The first-order valence-electron chi connectivity index (χ1n) is 6.36. The van der Waals surface area contributed by atoms with Gasteiger partial charge < -0.3 is 15.6 Å². The first kappa shape index (κ1) is 15.3. The smallest absolute Gasteiger partial charge is 0.338 e. The van der Waals surface area contributed by atoms with E-state index in [0.717, 1.165) is 5.56 Å². The number of anilines is 1. The summed E-state index contributed by atoms with van der Waals surface area (Å²) < 4.78 is 5.11. The van der Waals surface area contributed by atoms with Gasteiger partial charge in [0.1, 0.15) is 11.4 Å². The van der Waals surface area contributed by atoms with Crippen LogP contribution in [-0.2, 0) is 6.42 Å². The molecule has 0 atom stereocenters. The Hall–Kier alpha value is -3.09. The molecule has 114 valence electrons. The SMILES string of the molecule is COc1cccc(Cc2ccc(C(=O)O)c(N)c2[N+](=O)[O-])c1. The molecule has 0 fully saturated rings. The van der Waals surface area contributed by atoms with Gasteiger partial charge in [0.15, 0.2) is 0 Å². The lowest BCUT2D eigenvalue weighted by molar-refractivity contribution is -0.384. The fourth-order valence-corrected chi connectivity index (χ4v) is 2.20. The van der Waals surface area contributed by atoms with Crippen LogP contribution in [0.1, 0.15) is 21.5 Å². The van der Waals surface area contributed by atoms with Gasteiger partial charge in [0.25, 0.3) is 5.69 Å². The number of aromatic carboxylic acids is 1. The van der Waals surface area contributed by atoms with E-state index in [4.69, 9.17) is 15.6 Å². The summed E-state index contributed by atoms with van der Waals surface area (Å²) in [4.78, 5) is 21.6. The number of carbonyl (C=O) groups is 1. The van der Waals surface area contributed by atoms with Gasteiger partial charge in [0, 0.05) is 12.0 Å². The Morgan fingerprint density at radius 1 is 1.36 bits per heavy atom. The third kappa shape index (κ3) is 2.98. The molecule has 2 rings (SSSR count). The van der Waals surface area contributed by atoms with Crippen molar-refractivity contribution in [3.05, 3.63) is 63.2 Å². The van der Waals surface area contributed by atoms with Crippen molar-refractivity contribution in [3.8, 4) is 5.75 Å². The minimum Gasteiger partial charge on any atom is -0.497 e. The Kier molecular flexibility index (Phi) is 4.26. The number of rotatable bonds is 5. The van der Waals surface area contributed by atoms with Gasteiger partial charge in [-0.2, -0.15) is 0 Å². The molecule has 0 radical (unpaired) electrons. The fourth-order valence-electron chi connectivity index (χ4n) is 2.20. The number of methoxy groups -OCH3 is 1. The summed E-state index contributed by atoms with van der Waals surface area (Å²) in [7, 11) is 1.53. The van der Waals surface area contributed by atoms with Gasteiger partial charge in [0.05, 0.1) is 17.6 Å². The molecule has 2 aromatic rings. The molecule has 0 aliphatic carbocycles. The number of hydrogen-bond donors (Lipinski definition) is 2. The van der Waals surface area contributed by atoms with E-state index in [1.54, 1.807) is 24.3 Å². The molecule has 0 spiro atoms. The highest BCUT2D eigenvalue weighted by Gasteiger charge is 2.24. The van der Waals surface area contributed by atoms with Gasteiger partial charge in [-0.3, -0.25) is 10.1 Å². The molecule has 7 heteroatoms. The summed E-state index contributed by atoms with van der Waals surface area (Å²) in [5.41, 5.74) is 5.81. The van der Waals surface area contributed by atoms with Crippen molar-refractivity contribution >= 4 is 17.3 Å². The highest BCUT2D eigenvalue weighted by molar-refractivity contribution is 5.96. The first-order valence-corrected chi connectivity index (χ1v) is 6.36.